The molecule has 2 atom stereocenters. The first-order valence-electron chi connectivity index (χ1n) is 6.95. The smallest absolute Gasteiger partial charge is 0.231 e. The van der Waals surface area contributed by atoms with Crippen molar-refractivity contribution in [3.8, 4) is 11.5 Å². The van der Waals surface area contributed by atoms with Crippen LogP contribution in [0.25, 0.3) is 11.5 Å². The third kappa shape index (κ3) is 2.70. The molecule has 106 valence electrons. The molecule has 6 heteroatoms. The molecule has 0 bridgehead atoms. The van der Waals surface area contributed by atoms with Gasteiger partial charge in [0.15, 0.2) is 0 Å². The van der Waals surface area contributed by atoms with E-state index in [0.717, 1.165) is 31.9 Å². The van der Waals surface area contributed by atoms with Crippen LogP contribution in [-0.2, 0) is 0 Å². The van der Waals surface area contributed by atoms with Crippen LogP contribution in [-0.4, -0.2) is 21.2 Å². The molecule has 2 unspecified atom stereocenters. The number of nitrogens with two attached hydrogens (primary N) is 1. The first-order valence-corrected chi connectivity index (χ1v) is 6.95. The lowest BCUT2D eigenvalue weighted by Gasteiger charge is -2.16. The van der Waals surface area contributed by atoms with Crippen LogP contribution in [0.3, 0.4) is 0 Å². The standard InChI is InChI=1S/C14H17FN4O/c15-9-6-7-12(17-8-9)13-18-14(20-19-13)10-4-2-1-3-5-11(10)16/h6-8,10-11H,1-5,16H2. The Balaban J connectivity index is 1.83. The fourth-order valence-electron chi connectivity index (χ4n) is 2.64. The zero-order valence-electron chi connectivity index (χ0n) is 11.1. The first kappa shape index (κ1) is 13.2. The zero-order valence-corrected chi connectivity index (χ0v) is 11.1. The SMILES string of the molecule is NC1CCCCCC1c1nc(-c2ccc(F)cn2)no1. The van der Waals surface area contributed by atoms with Gasteiger partial charge in [-0.05, 0) is 25.0 Å². The van der Waals surface area contributed by atoms with Crippen LogP contribution in [0.15, 0.2) is 22.9 Å². The summed E-state index contributed by atoms with van der Waals surface area (Å²) in [4.78, 5) is 8.34. The van der Waals surface area contributed by atoms with Crippen LogP contribution >= 0.6 is 0 Å². The van der Waals surface area contributed by atoms with Crippen molar-refractivity contribution in [2.24, 2.45) is 5.73 Å². The molecular formula is C14H17FN4O. The second-order valence-corrected chi connectivity index (χ2v) is 5.23. The van der Waals surface area contributed by atoms with Gasteiger partial charge in [0.05, 0.1) is 12.1 Å². The summed E-state index contributed by atoms with van der Waals surface area (Å²) in [7, 11) is 0. The number of pyridine rings is 1. The maximum Gasteiger partial charge on any atom is 0.231 e. The summed E-state index contributed by atoms with van der Waals surface area (Å²) in [6.07, 6.45) is 6.58. The zero-order chi connectivity index (χ0) is 13.9. The van der Waals surface area contributed by atoms with Crippen LogP contribution < -0.4 is 5.73 Å². The highest BCUT2D eigenvalue weighted by atomic mass is 19.1. The van der Waals surface area contributed by atoms with E-state index >= 15 is 0 Å². The normalized spacial score (nSPS) is 23.5. The Morgan fingerprint density at radius 1 is 1.20 bits per heavy atom. The summed E-state index contributed by atoms with van der Waals surface area (Å²) in [5, 5.41) is 3.93. The van der Waals surface area contributed by atoms with E-state index in [1.54, 1.807) is 0 Å². The molecular weight excluding hydrogens is 259 g/mol. The van der Waals surface area contributed by atoms with Gasteiger partial charge in [-0.1, -0.05) is 24.4 Å². The van der Waals surface area contributed by atoms with E-state index in [0.29, 0.717) is 17.4 Å². The number of rotatable bonds is 2. The number of aromatic nitrogens is 3. The van der Waals surface area contributed by atoms with Crippen molar-refractivity contribution in [3.63, 3.8) is 0 Å². The fourth-order valence-corrected chi connectivity index (χ4v) is 2.64. The van der Waals surface area contributed by atoms with Crippen molar-refractivity contribution in [3.05, 3.63) is 30.0 Å². The molecule has 0 radical (unpaired) electrons. The van der Waals surface area contributed by atoms with E-state index < -0.39 is 0 Å². The largest absolute Gasteiger partial charge is 0.339 e. The van der Waals surface area contributed by atoms with Gasteiger partial charge >= 0.3 is 0 Å². The van der Waals surface area contributed by atoms with Gasteiger partial charge in [0.25, 0.3) is 0 Å². The van der Waals surface area contributed by atoms with E-state index in [9.17, 15) is 4.39 Å². The Hall–Kier alpha value is -1.82. The van der Waals surface area contributed by atoms with Gasteiger partial charge in [-0.15, -0.1) is 0 Å². The lowest BCUT2D eigenvalue weighted by Crippen LogP contribution is -2.27. The Morgan fingerprint density at radius 3 is 2.85 bits per heavy atom. The van der Waals surface area contributed by atoms with Gasteiger partial charge in [-0.3, -0.25) is 0 Å². The molecule has 0 aliphatic heterocycles. The molecule has 1 saturated carbocycles. The van der Waals surface area contributed by atoms with Gasteiger partial charge in [-0.25, -0.2) is 9.37 Å². The summed E-state index contributed by atoms with van der Waals surface area (Å²) in [6, 6.07) is 2.93. The van der Waals surface area contributed by atoms with Crippen molar-refractivity contribution in [1.82, 2.24) is 15.1 Å². The van der Waals surface area contributed by atoms with Crippen molar-refractivity contribution in [2.75, 3.05) is 0 Å². The molecule has 0 aromatic carbocycles. The van der Waals surface area contributed by atoms with Gasteiger partial charge < -0.3 is 10.3 Å². The van der Waals surface area contributed by atoms with Crippen molar-refractivity contribution < 1.29 is 8.91 Å². The Labute approximate surface area is 116 Å². The molecule has 1 aliphatic carbocycles. The molecule has 1 fully saturated rings. The highest BCUT2D eigenvalue weighted by Crippen LogP contribution is 2.30. The van der Waals surface area contributed by atoms with E-state index in [2.05, 4.69) is 15.1 Å². The molecule has 5 nitrogen and oxygen atoms in total. The lowest BCUT2D eigenvalue weighted by molar-refractivity contribution is 0.326. The van der Waals surface area contributed by atoms with Crippen molar-refractivity contribution >= 4 is 0 Å². The number of halogens is 1. The van der Waals surface area contributed by atoms with E-state index in [-0.39, 0.29) is 17.8 Å². The number of hydrogen-bond acceptors (Lipinski definition) is 5. The molecule has 2 heterocycles. The minimum Gasteiger partial charge on any atom is -0.339 e. The lowest BCUT2D eigenvalue weighted by atomic mass is 9.95. The summed E-state index contributed by atoms with van der Waals surface area (Å²) in [5.74, 6) is 0.680. The molecule has 20 heavy (non-hydrogen) atoms. The van der Waals surface area contributed by atoms with E-state index in [1.807, 2.05) is 0 Å². The summed E-state index contributed by atoms with van der Waals surface area (Å²) in [6.45, 7) is 0. The second-order valence-electron chi connectivity index (χ2n) is 5.23. The molecule has 2 aromatic rings. The summed E-state index contributed by atoms with van der Waals surface area (Å²) < 4.78 is 18.2. The topological polar surface area (TPSA) is 77.8 Å². The third-order valence-corrected chi connectivity index (χ3v) is 3.78. The van der Waals surface area contributed by atoms with Crippen molar-refractivity contribution in [1.29, 1.82) is 0 Å². The second kappa shape index (κ2) is 5.66. The van der Waals surface area contributed by atoms with Crippen LogP contribution in [0.4, 0.5) is 4.39 Å². The monoisotopic (exact) mass is 276 g/mol. The molecule has 3 rings (SSSR count). The summed E-state index contributed by atoms with van der Waals surface area (Å²) in [5.41, 5.74) is 6.69. The first-order chi connectivity index (χ1) is 9.74. The Kier molecular flexibility index (Phi) is 3.73. The molecule has 1 aliphatic rings. The third-order valence-electron chi connectivity index (χ3n) is 3.78. The van der Waals surface area contributed by atoms with Crippen LogP contribution in [0, 0.1) is 5.82 Å². The van der Waals surface area contributed by atoms with Gasteiger partial charge in [-0.2, -0.15) is 4.98 Å². The molecule has 0 amide bonds. The quantitative estimate of drug-likeness (QED) is 0.853. The van der Waals surface area contributed by atoms with E-state index in [4.69, 9.17) is 10.3 Å². The van der Waals surface area contributed by atoms with Crippen LogP contribution in [0.2, 0.25) is 0 Å². The average molecular weight is 276 g/mol. The number of hydrogen-bond donors (Lipinski definition) is 1. The highest BCUT2D eigenvalue weighted by Gasteiger charge is 2.27. The Morgan fingerprint density at radius 2 is 2.05 bits per heavy atom. The van der Waals surface area contributed by atoms with E-state index in [1.165, 1.54) is 18.6 Å². The minimum atomic E-state index is -0.386. The maximum atomic E-state index is 12.9. The van der Waals surface area contributed by atoms with Crippen molar-refractivity contribution in [2.45, 2.75) is 44.1 Å². The Bertz CT molecular complexity index is 569. The molecule has 0 saturated heterocycles. The highest BCUT2D eigenvalue weighted by molar-refractivity contribution is 5.47. The predicted octanol–water partition coefficient (Wildman–Crippen LogP) is 2.65. The van der Waals surface area contributed by atoms with Crippen LogP contribution in [0.5, 0.6) is 0 Å². The maximum absolute atomic E-state index is 12.9. The van der Waals surface area contributed by atoms with Crippen LogP contribution in [0.1, 0.15) is 43.9 Å². The molecule has 2 aromatic heterocycles. The number of nitrogens with zero attached hydrogens (tertiary/aromatic N) is 3. The summed E-state index contributed by atoms with van der Waals surface area (Å²) >= 11 is 0. The van der Waals surface area contributed by atoms with Gasteiger partial charge in [0.1, 0.15) is 11.5 Å². The molecule has 2 N–H and O–H groups in total. The average Bonchev–Trinajstić information content (AvgIpc) is 2.83. The van der Waals surface area contributed by atoms with Gasteiger partial charge in [0, 0.05) is 6.04 Å². The van der Waals surface area contributed by atoms with Gasteiger partial charge in [0.2, 0.25) is 11.7 Å². The fraction of sp³-hybridized carbons (Fsp3) is 0.500. The minimum absolute atomic E-state index is 0.0620. The predicted molar refractivity (Wildman–Crippen MR) is 71.3 cm³/mol. The molecule has 0 spiro atoms.